The Morgan fingerprint density at radius 3 is 2.59 bits per heavy atom. The van der Waals surface area contributed by atoms with Crippen molar-refractivity contribution in [1.82, 2.24) is 0 Å². The normalized spacial score (nSPS) is 13.5. The zero-order valence-electron chi connectivity index (χ0n) is 12.8. The first-order valence-corrected chi connectivity index (χ1v) is 7.45. The van der Waals surface area contributed by atoms with Crippen LogP contribution in [0.2, 0.25) is 0 Å². The number of benzene rings is 2. The highest BCUT2D eigenvalue weighted by Gasteiger charge is 2.24. The van der Waals surface area contributed by atoms with E-state index in [1.807, 2.05) is 50.2 Å². The van der Waals surface area contributed by atoms with Gasteiger partial charge < -0.3 is 14.4 Å². The van der Waals surface area contributed by atoms with Gasteiger partial charge in [0, 0.05) is 5.56 Å². The Morgan fingerprint density at radius 2 is 1.86 bits per heavy atom. The maximum Gasteiger partial charge on any atom is 0.258 e. The molecule has 0 saturated heterocycles. The van der Waals surface area contributed by atoms with Gasteiger partial charge >= 0.3 is 0 Å². The highest BCUT2D eigenvalue weighted by molar-refractivity contribution is 6.07. The minimum atomic E-state index is -0.0214. The Labute approximate surface area is 130 Å². The molecule has 0 spiro atoms. The molecule has 114 valence electrons. The van der Waals surface area contributed by atoms with Crippen LogP contribution in [-0.2, 0) is 0 Å². The van der Waals surface area contributed by atoms with Gasteiger partial charge in [0.2, 0.25) is 0 Å². The van der Waals surface area contributed by atoms with Crippen LogP contribution in [0.1, 0.15) is 24.2 Å². The molecule has 0 saturated carbocycles. The van der Waals surface area contributed by atoms with E-state index in [2.05, 4.69) is 0 Å². The van der Waals surface area contributed by atoms with Crippen molar-refractivity contribution in [2.45, 2.75) is 20.0 Å². The van der Waals surface area contributed by atoms with Crippen LogP contribution in [-0.4, -0.2) is 25.2 Å². The Balaban J connectivity index is 1.83. The summed E-state index contributed by atoms with van der Waals surface area (Å²) in [5, 5.41) is 0. The number of hydrogen-bond donors (Lipinski definition) is 0. The zero-order chi connectivity index (χ0) is 15.5. The number of para-hydroxylation sites is 2. The summed E-state index contributed by atoms with van der Waals surface area (Å²) < 4.78 is 11.2. The number of hydrogen-bond acceptors (Lipinski definition) is 3. The second-order valence-corrected chi connectivity index (χ2v) is 5.46. The van der Waals surface area contributed by atoms with Crippen molar-refractivity contribution in [3.63, 3.8) is 0 Å². The highest BCUT2D eigenvalue weighted by atomic mass is 16.5. The van der Waals surface area contributed by atoms with E-state index < -0.39 is 0 Å². The van der Waals surface area contributed by atoms with Gasteiger partial charge in [-0.25, -0.2) is 0 Å². The molecule has 1 amide bonds. The monoisotopic (exact) mass is 297 g/mol. The average molecular weight is 297 g/mol. The summed E-state index contributed by atoms with van der Waals surface area (Å²) in [6.07, 6.45) is 0.118. The van der Waals surface area contributed by atoms with E-state index in [4.69, 9.17) is 9.47 Å². The largest absolute Gasteiger partial charge is 0.491 e. The lowest BCUT2D eigenvalue weighted by Gasteiger charge is -2.29. The van der Waals surface area contributed by atoms with Gasteiger partial charge in [-0.05, 0) is 50.2 Å². The van der Waals surface area contributed by atoms with Crippen LogP contribution in [0.3, 0.4) is 0 Å². The molecule has 0 unspecified atom stereocenters. The molecular formula is C18H19NO3. The second kappa shape index (κ2) is 6.10. The van der Waals surface area contributed by atoms with Gasteiger partial charge in [-0.3, -0.25) is 4.79 Å². The third-order valence-electron chi connectivity index (χ3n) is 3.45. The summed E-state index contributed by atoms with van der Waals surface area (Å²) in [5.74, 6) is 1.50. The van der Waals surface area contributed by atoms with Gasteiger partial charge in [-0.2, -0.15) is 0 Å². The fraction of sp³-hybridized carbons (Fsp3) is 0.278. The molecule has 0 bridgehead atoms. The number of nitrogens with zero attached hydrogens (tertiary/aromatic N) is 1. The lowest BCUT2D eigenvalue weighted by molar-refractivity contribution is 0.0976. The van der Waals surface area contributed by atoms with Crippen molar-refractivity contribution in [2.24, 2.45) is 0 Å². The molecule has 1 aliphatic rings. The van der Waals surface area contributed by atoms with Crippen LogP contribution < -0.4 is 14.4 Å². The SMILES string of the molecule is CC(C)Oc1ccc(C(=O)N2CCOc3ccccc32)cc1. The lowest BCUT2D eigenvalue weighted by atomic mass is 10.1. The molecule has 3 rings (SSSR count). The summed E-state index contributed by atoms with van der Waals surface area (Å²) in [5.41, 5.74) is 1.47. The molecule has 0 aromatic heterocycles. The van der Waals surface area contributed by atoms with Crippen LogP contribution in [0.15, 0.2) is 48.5 Å². The number of rotatable bonds is 3. The first-order valence-electron chi connectivity index (χ1n) is 7.45. The van der Waals surface area contributed by atoms with E-state index in [-0.39, 0.29) is 12.0 Å². The minimum Gasteiger partial charge on any atom is -0.491 e. The highest BCUT2D eigenvalue weighted by Crippen LogP contribution is 2.32. The zero-order valence-corrected chi connectivity index (χ0v) is 12.8. The number of carbonyl (C=O) groups excluding carboxylic acids is 1. The average Bonchev–Trinajstić information content (AvgIpc) is 2.54. The molecule has 0 atom stereocenters. The second-order valence-electron chi connectivity index (χ2n) is 5.46. The number of amides is 1. The Hall–Kier alpha value is -2.49. The predicted octanol–water partition coefficient (Wildman–Crippen LogP) is 3.51. The Morgan fingerprint density at radius 1 is 1.14 bits per heavy atom. The predicted molar refractivity (Wildman–Crippen MR) is 85.8 cm³/mol. The minimum absolute atomic E-state index is 0.0214. The molecule has 0 fully saturated rings. The van der Waals surface area contributed by atoms with Gasteiger partial charge in [0.25, 0.3) is 5.91 Å². The number of anilines is 1. The molecule has 4 heteroatoms. The molecule has 0 N–H and O–H groups in total. The number of carbonyl (C=O) groups is 1. The fourth-order valence-corrected chi connectivity index (χ4v) is 2.48. The molecular weight excluding hydrogens is 278 g/mol. The van der Waals surface area contributed by atoms with Crippen LogP contribution in [0.4, 0.5) is 5.69 Å². The van der Waals surface area contributed by atoms with Crippen molar-refractivity contribution in [3.05, 3.63) is 54.1 Å². The fourth-order valence-electron chi connectivity index (χ4n) is 2.48. The van der Waals surface area contributed by atoms with E-state index >= 15 is 0 Å². The van der Waals surface area contributed by atoms with Gasteiger partial charge in [0.15, 0.2) is 0 Å². The van der Waals surface area contributed by atoms with Crippen molar-refractivity contribution < 1.29 is 14.3 Å². The lowest BCUT2D eigenvalue weighted by Crippen LogP contribution is -2.37. The third kappa shape index (κ3) is 2.91. The summed E-state index contributed by atoms with van der Waals surface area (Å²) in [7, 11) is 0. The van der Waals surface area contributed by atoms with E-state index in [9.17, 15) is 4.79 Å². The van der Waals surface area contributed by atoms with E-state index in [1.165, 1.54) is 0 Å². The quantitative estimate of drug-likeness (QED) is 0.870. The summed E-state index contributed by atoms with van der Waals surface area (Å²) in [6.45, 7) is 5.02. The smallest absolute Gasteiger partial charge is 0.258 e. The van der Waals surface area contributed by atoms with Crippen LogP contribution in [0.5, 0.6) is 11.5 Å². The summed E-state index contributed by atoms with van der Waals surface area (Å²) >= 11 is 0. The van der Waals surface area contributed by atoms with Crippen molar-refractivity contribution in [2.75, 3.05) is 18.1 Å². The molecule has 2 aromatic carbocycles. The first-order chi connectivity index (χ1) is 10.6. The first kappa shape index (κ1) is 14.4. The molecule has 0 radical (unpaired) electrons. The molecule has 2 aromatic rings. The molecule has 22 heavy (non-hydrogen) atoms. The van der Waals surface area contributed by atoms with E-state index in [0.717, 1.165) is 17.2 Å². The van der Waals surface area contributed by atoms with E-state index in [1.54, 1.807) is 17.0 Å². The van der Waals surface area contributed by atoms with Gasteiger partial charge in [-0.1, -0.05) is 12.1 Å². The molecule has 4 nitrogen and oxygen atoms in total. The van der Waals surface area contributed by atoms with Crippen molar-refractivity contribution >= 4 is 11.6 Å². The standard InChI is InChI=1S/C18H19NO3/c1-13(2)22-15-9-7-14(8-10-15)18(20)19-11-12-21-17-6-4-3-5-16(17)19/h3-10,13H,11-12H2,1-2H3. The molecule has 0 aliphatic carbocycles. The summed E-state index contributed by atoms with van der Waals surface area (Å²) in [6, 6.07) is 14.9. The molecule has 1 aliphatic heterocycles. The van der Waals surface area contributed by atoms with Crippen molar-refractivity contribution in [3.8, 4) is 11.5 Å². The van der Waals surface area contributed by atoms with Gasteiger partial charge in [-0.15, -0.1) is 0 Å². The number of ether oxygens (including phenoxy) is 2. The summed E-state index contributed by atoms with van der Waals surface area (Å²) in [4.78, 5) is 14.5. The Bertz CT molecular complexity index is 664. The van der Waals surface area contributed by atoms with Crippen LogP contribution >= 0.6 is 0 Å². The molecule has 1 heterocycles. The van der Waals surface area contributed by atoms with Gasteiger partial charge in [0.05, 0.1) is 18.3 Å². The topological polar surface area (TPSA) is 38.8 Å². The van der Waals surface area contributed by atoms with Crippen molar-refractivity contribution in [1.29, 1.82) is 0 Å². The Kier molecular flexibility index (Phi) is 4.00. The maximum atomic E-state index is 12.7. The van der Waals surface area contributed by atoms with E-state index in [0.29, 0.717) is 18.7 Å². The van der Waals surface area contributed by atoms with Crippen LogP contribution in [0.25, 0.3) is 0 Å². The van der Waals surface area contributed by atoms with Gasteiger partial charge in [0.1, 0.15) is 18.1 Å². The van der Waals surface area contributed by atoms with Crippen LogP contribution in [0, 0.1) is 0 Å². The maximum absolute atomic E-state index is 12.7. The number of fused-ring (bicyclic) bond motifs is 1. The third-order valence-corrected chi connectivity index (χ3v) is 3.45.